The molecule has 1 atom stereocenters. The lowest BCUT2D eigenvalue weighted by Crippen LogP contribution is -2.43. The molecule has 5 heteroatoms. The van der Waals surface area contributed by atoms with Crippen LogP contribution >= 0.6 is 11.6 Å². The standard InChI is InChI=1S/C23H16ClN3O/c24-23(15-17-7-3-1-4-8-17)21(19-9-5-2-6-10-19)26-27(22(23)28)20-13-11-18(16-25)12-14-20/h1-14H,15H2/t23-/m1/s1. The van der Waals surface area contributed by atoms with Crippen LogP contribution in [0, 0.1) is 11.3 Å². The van der Waals surface area contributed by atoms with E-state index >= 15 is 0 Å². The summed E-state index contributed by atoms with van der Waals surface area (Å²) in [6.45, 7) is 0. The number of alkyl halides is 1. The highest BCUT2D eigenvalue weighted by Crippen LogP contribution is 2.36. The second-order valence-electron chi connectivity index (χ2n) is 6.55. The Morgan fingerprint density at radius 2 is 1.54 bits per heavy atom. The smallest absolute Gasteiger partial charge is 0.270 e. The summed E-state index contributed by atoms with van der Waals surface area (Å²) < 4.78 is 0. The average Bonchev–Trinajstić information content (AvgIpc) is 3.00. The van der Waals surface area contributed by atoms with E-state index in [0.29, 0.717) is 23.4 Å². The minimum atomic E-state index is -1.31. The molecule has 136 valence electrons. The van der Waals surface area contributed by atoms with E-state index in [1.807, 2.05) is 60.7 Å². The summed E-state index contributed by atoms with van der Waals surface area (Å²) in [5, 5.41) is 14.9. The molecule has 1 aliphatic rings. The van der Waals surface area contributed by atoms with E-state index in [0.717, 1.165) is 11.1 Å². The SMILES string of the molecule is N#Cc1ccc(N2N=C(c3ccccc3)[C@](Cl)(Cc3ccccc3)C2=O)cc1. The molecule has 0 saturated heterocycles. The van der Waals surface area contributed by atoms with Gasteiger partial charge in [-0.25, -0.2) is 0 Å². The zero-order chi connectivity index (χ0) is 19.6. The molecule has 1 amide bonds. The minimum absolute atomic E-state index is 0.304. The van der Waals surface area contributed by atoms with E-state index in [4.69, 9.17) is 16.9 Å². The molecule has 0 unspecified atom stereocenters. The van der Waals surface area contributed by atoms with E-state index in [1.54, 1.807) is 24.3 Å². The minimum Gasteiger partial charge on any atom is -0.270 e. The molecule has 3 aromatic carbocycles. The van der Waals surface area contributed by atoms with Crippen LogP contribution in [0.25, 0.3) is 0 Å². The highest BCUT2D eigenvalue weighted by atomic mass is 35.5. The fourth-order valence-corrected chi connectivity index (χ4v) is 3.65. The predicted octanol–water partition coefficient (Wildman–Crippen LogP) is 4.53. The first-order valence-corrected chi connectivity index (χ1v) is 9.22. The third kappa shape index (κ3) is 3.17. The number of rotatable bonds is 4. The van der Waals surface area contributed by atoms with Gasteiger partial charge in [0.15, 0.2) is 4.87 Å². The number of halogens is 1. The van der Waals surface area contributed by atoms with Gasteiger partial charge in [0.2, 0.25) is 0 Å². The van der Waals surface area contributed by atoms with Crippen LogP contribution in [-0.2, 0) is 11.2 Å². The predicted molar refractivity (Wildman–Crippen MR) is 110 cm³/mol. The van der Waals surface area contributed by atoms with Gasteiger partial charge in [-0.3, -0.25) is 4.79 Å². The number of hydrogen-bond donors (Lipinski definition) is 0. The Balaban J connectivity index is 1.79. The molecule has 0 radical (unpaired) electrons. The van der Waals surface area contributed by atoms with Crippen LogP contribution in [0.4, 0.5) is 5.69 Å². The Bertz CT molecular complexity index is 1070. The summed E-state index contributed by atoms with van der Waals surface area (Å²) in [6, 6.07) is 28.0. The maximum Gasteiger partial charge on any atom is 0.275 e. The molecule has 0 aromatic heterocycles. The van der Waals surface area contributed by atoms with Crippen molar-refractivity contribution in [2.45, 2.75) is 11.3 Å². The molecule has 0 bridgehead atoms. The number of carbonyl (C=O) groups is 1. The zero-order valence-electron chi connectivity index (χ0n) is 14.9. The Labute approximate surface area is 168 Å². The number of amides is 1. The van der Waals surface area contributed by atoms with E-state index in [9.17, 15) is 4.79 Å². The lowest BCUT2D eigenvalue weighted by Gasteiger charge is -2.22. The lowest BCUT2D eigenvalue weighted by molar-refractivity contribution is -0.118. The molecule has 0 N–H and O–H groups in total. The van der Waals surface area contributed by atoms with Crippen molar-refractivity contribution in [1.82, 2.24) is 0 Å². The first kappa shape index (κ1) is 18.0. The van der Waals surface area contributed by atoms with Crippen LogP contribution in [-0.4, -0.2) is 16.5 Å². The third-order valence-corrected chi connectivity index (χ3v) is 5.16. The highest BCUT2D eigenvalue weighted by molar-refractivity contribution is 6.53. The molecular formula is C23H16ClN3O. The van der Waals surface area contributed by atoms with E-state index in [2.05, 4.69) is 11.2 Å². The summed E-state index contributed by atoms with van der Waals surface area (Å²) in [4.78, 5) is 12.1. The van der Waals surface area contributed by atoms with Crippen LogP contribution in [0.3, 0.4) is 0 Å². The summed E-state index contributed by atoms with van der Waals surface area (Å²) in [7, 11) is 0. The largest absolute Gasteiger partial charge is 0.275 e. The number of hydrazone groups is 1. The van der Waals surface area contributed by atoms with Crippen molar-refractivity contribution >= 4 is 28.9 Å². The lowest BCUT2D eigenvalue weighted by atomic mass is 9.89. The molecule has 0 fully saturated rings. The van der Waals surface area contributed by atoms with Crippen molar-refractivity contribution in [2.75, 3.05) is 5.01 Å². The third-order valence-electron chi connectivity index (χ3n) is 4.69. The average molecular weight is 386 g/mol. The van der Waals surface area contributed by atoms with Crippen LogP contribution < -0.4 is 5.01 Å². The summed E-state index contributed by atoms with van der Waals surface area (Å²) in [5.41, 5.74) is 3.37. The van der Waals surface area contributed by atoms with Crippen molar-refractivity contribution in [2.24, 2.45) is 5.10 Å². The Morgan fingerprint density at radius 1 is 0.929 bits per heavy atom. The molecule has 1 aliphatic heterocycles. The zero-order valence-corrected chi connectivity index (χ0v) is 15.7. The second-order valence-corrected chi connectivity index (χ2v) is 7.20. The maximum absolute atomic E-state index is 13.4. The van der Waals surface area contributed by atoms with Gasteiger partial charge in [0.1, 0.15) is 0 Å². The quantitative estimate of drug-likeness (QED) is 0.619. The molecule has 4 rings (SSSR count). The maximum atomic E-state index is 13.4. The molecule has 0 spiro atoms. The van der Waals surface area contributed by atoms with Gasteiger partial charge < -0.3 is 0 Å². The Hall–Kier alpha value is -3.42. The first-order chi connectivity index (χ1) is 13.6. The van der Waals surface area contributed by atoms with Gasteiger partial charge in [0.05, 0.1) is 23.0 Å². The van der Waals surface area contributed by atoms with E-state index in [1.165, 1.54) is 5.01 Å². The van der Waals surface area contributed by atoms with Crippen LogP contribution in [0.15, 0.2) is 90.0 Å². The van der Waals surface area contributed by atoms with Crippen molar-refractivity contribution in [1.29, 1.82) is 5.26 Å². The normalized spacial score (nSPS) is 18.6. The summed E-state index contributed by atoms with van der Waals surface area (Å²) in [5.74, 6) is -0.304. The van der Waals surface area contributed by atoms with Gasteiger partial charge in [-0.2, -0.15) is 15.4 Å². The van der Waals surface area contributed by atoms with Gasteiger partial charge in [-0.15, -0.1) is 11.6 Å². The fraction of sp³-hybridized carbons (Fsp3) is 0.0870. The van der Waals surface area contributed by atoms with Crippen LogP contribution in [0.2, 0.25) is 0 Å². The topological polar surface area (TPSA) is 56.5 Å². The van der Waals surface area contributed by atoms with Gasteiger partial charge in [-0.1, -0.05) is 60.7 Å². The van der Waals surface area contributed by atoms with Gasteiger partial charge in [0, 0.05) is 12.0 Å². The van der Waals surface area contributed by atoms with Gasteiger partial charge in [-0.05, 0) is 29.8 Å². The summed E-state index contributed by atoms with van der Waals surface area (Å²) in [6.07, 6.45) is 0.328. The molecule has 1 heterocycles. The molecule has 28 heavy (non-hydrogen) atoms. The highest BCUT2D eigenvalue weighted by Gasteiger charge is 2.50. The van der Waals surface area contributed by atoms with E-state index < -0.39 is 4.87 Å². The van der Waals surface area contributed by atoms with E-state index in [-0.39, 0.29) is 5.91 Å². The molecule has 4 nitrogen and oxygen atoms in total. The van der Waals surface area contributed by atoms with Crippen LogP contribution in [0.1, 0.15) is 16.7 Å². The Kier molecular flexibility index (Phi) is 4.68. The fourth-order valence-electron chi connectivity index (χ4n) is 3.26. The van der Waals surface area contributed by atoms with Crippen molar-refractivity contribution in [3.05, 3.63) is 102 Å². The van der Waals surface area contributed by atoms with Crippen molar-refractivity contribution in [3.8, 4) is 6.07 Å². The first-order valence-electron chi connectivity index (χ1n) is 8.84. The Morgan fingerprint density at radius 3 is 2.14 bits per heavy atom. The molecule has 3 aromatic rings. The molecule has 0 aliphatic carbocycles. The van der Waals surface area contributed by atoms with Crippen molar-refractivity contribution < 1.29 is 4.79 Å². The number of anilines is 1. The second kappa shape index (κ2) is 7.30. The number of nitrogens with zero attached hydrogens (tertiary/aromatic N) is 3. The monoisotopic (exact) mass is 385 g/mol. The molecule has 0 saturated carbocycles. The van der Waals surface area contributed by atoms with Crippen LogP contribution in [0.5, 0.6) is 0 Å². The van der Waals surface area contributed by atoms with Crippen molar-refractivity contribution in [3.63, 3.8) is 0 Å². The number of carbonyl (C=O) groups excluding carboxylic acids is 1. The number of nitriles is 1. The summed E-state index contributed by atoms with van der Waals surface area (Å²) >= 11 is 6.99. The number of benzene rings is 3. The van der Waals surface area contributed by atoms with Gasteiger partial charge in [0.25, 0.3) is 5.91 Å². The van der Waals surface area contributed by atoms with Gasteiger partial charge >= 0.3 is 0 Å². The molecular weight excluding hydrogens is 370 g/mol. The number of hydrogen-bond acceptors (Lipinski definition) is 3.